The molecule has 0 aliphatic carbocycles. The average Bonchev–Trinajstić information content (AvgIpc) is 2.72. The number of nitrogens with zero attached hydrogens (tertiary/aromatic N) is 1. The van der Waals surface area contributed by atoms with Crippen molar-refractivity contribution in [2.45, 2.75) is 26.4 Å². The molecule has 0 saturated heterocycles. The van der Waals surface area contributed by atoms with Crippen LogP contribution in [0, 0.1) is 0 Å². The van der Waals surface area contributed by atoms with E-state index in [1.54, 1.807) is 0 Å². The van der Waals surface area contributed by atoms with Crippen molar-refractivity contribution < 1.29 is 0 Å². The molecule has 1 aromatic heterocycles. The lowest BCUT2D eigenvalue weighted by atomic mass is 10.2. The number of aromatic nitrogens is 1. The molecule has 0 atom stereocenters. The highest BCUT2D eigenvalue weighted by atomic mass is 15.0. The van der Waals surface area contributed by atoms with Crippen molar-refractivity contribution in [3.8, 4) is 0 Å². The summed E-state index contributed by atoms with van der Waals surface area (Å²) in [6.07, 6.45) is 1.05. The van der Waals surface area contributed by atoms with Crippen LogP contribution in [0.25, 0.3) is 0 Å². The maximum Gasteiger partial charge on any atom is 0.0476 e. The molecule has 2 nitrogen and oxygen atoms in total. The third kappa shape index (κ3) is 2.17. The van der Waals surface area contributed by atoms with E-state index in [1.165, 1.54) is 17.0 Å². The zero-order chi connectivity index (χ0) is 11.4. The Labute approximate surface area is 96.7 Å². The van der Waals surface area contributed by atoms with Crippen LogP contribution in [0.5, 0.6) is 0 Å². The molecule has 0 aliphatic heterocycles. The van der Waals surface area contributed by atoms with Gasteiger partial charge in [-0.1, -0.05) is 37.3 Å². The van der Waals surface area contributed by atoms with Crippen molar-refractivity contribution in [3.05, 3.63) is 59.4 Å². The summed E-state index contributed by atoms with van der Waals surface area (Å²) in [6, 6.07) is 14.8. The van der Waals surface area contributed by atoms with Gasteiger partial charge in [0.15, 0.2) is 0 Å². The van der Waals surface area contributed by atoms with Crippen molar-refractivity contribution in [3.63, 3.8) is 0 Å². The third-order valence-electron chi connectivity index (χ3n) is 2.92. The molecule has 0 unspecified atom stereocenters. The van der Waals surface area contributed by atoms with E-state index in [4.69, 9.17) is 5.73 Å². The van der Waals surface area contributed by atoms with E-state index in [1.807, 2.05) is 6.07 Å². The maximum absolute atomic E-state index is 5.75. The summed E-state index contributed by atoms with van der Waals surface area (Å²) in [5.41, 5.74) is 9.63. The summed E-state index contributed by atoms with van der Waals surface area (Å²) >= 11 is 0. The predicted octanol–water partition coefficient (Wildman–Crippen LogP) is 2.56. The fourth-order valence-electron chi connectivity index (χ4n) is 2.01. The third-order valence-corrected chi connectivity index (χ3v) is 2.92. The normalized spacial score (nSPS) is 10.6. The summed E-state index contributed by atoms with van der Waals surface area (Å²) in [4.78, 5) is 0. The van der Waals surface area contributed by atoms with E-state index < -0.39 is 0 Å². The molecular formula is C14H18N2. The van der Waals surface area contributed by atoms with Crippen LogP contribution >= 0.6 is 0 Å². The second-order valence-electron chi connectivity index (χ2n) is 3.95. The Bertz CT molecular complexity index is 422. The molecular weight excluding hydrogens is 196 g/mol. The second-order valence-corrected chi connectivity index (χ2v) is 3.95. The van der Waals surface area contributed by atoms with Crippen molar-refractivity contribution in [1.82, 2.24) is 4.57 Å². The second kappa shape index (κ2) is 4.99. The van der Waals surface area contributed by atoms with Crippen LogP contribution in [-0.4, -0.2) is 4.57 Å². The molecule has 84 valence electrons. The number of rotatable bonds is 4. The monoisotopic (exact) mass is 214 g/mol. The quantitative estimate of drug-likeness (QED) is 0.833. The standard InChI is InChI=1S/C14H18N2/c1-2-13-8-9-14(10-15)16(13)11-12-6-4-3-5-7-12/h3-9H,2,10-11,15H2,1H3. The highest BCUT2D eigenvalue weighted by Gasteiger charge is 2.05. The Hall–Kier alpha value is -1.54. The Morgan fingerprint density at radius 1 is 1.00 bits per heavy atom. The maximum atomic E-state index is 5.75. The summed E-state index contributed by atoms with van der Waals surface area (Å²) < 4.78 is 2.31. The van der Waals surface area contributed by atoms with E-state index in [0.717, 1.165) is 13.0 Å². The van der Waals surface area contributed by atoms with Crippen molar-refractivity contribution in [1.29, 1.82) is 0 Å². The van der Waals surface area contributed by atoms with Crippen molar-refractivity contribution >= 4 is 0 Å². The highest BCUT2D eigenvalue weighted by molar-refractivity contribution is 5.21. The smallest absolute Gasteiger partial charge is 0.0476 e. The first-order valence-corrected chi connectivity index (χ1v) is 5.76. The fourth-order valence-corrected chi connectivity index (χ4v) is 2.01. The molecule has 0 fully saturated rings. The molecule has 1 aromatic carbocycles. The van der Waals surface area contributed by atoms with Gasteiger partial charge in [0, 0.05) is 24.5 Å². The topological polar surface area (TPSA) is 30.9 Å². The lowest BCUT2D eigenvalue weighted by molar-refractivity contribution is 0.703. The van der Waals surface area contributed by atoms with E-state index in [-0.39, 0.29) is 0 Å². The Balaban J connectivity index is 2.29. The van der Waals surface area contributed by atoms with E-state index >= 15 is 0 Å². The van der Waals surface area contributed by atoms with E-state index in [2.05, 4.69) is 47.9 Å². The minimum absolute atomic E-state index is 0.604. The predicted molar refractivity (Wildman–Crippen MR) is 67.2 cm³/mol. The molecule has 2 N–H and O–H groups in total. The molecule has 16 heavy (non-hydrogen) atoms. The van der Waals surface area contributed by atoms with Gasteiger partial charge in [0.05, 0.1) is 0 Å². The first kappa shape index (κ1) is 11.0. The average molecular weight is 214 g/mol. The van der Waals surface area contributed by atoms with Gasteiger partial charge in [-0.3, -0.25) is 0 Å². The van der Waals surface area contributed by atoms with Gasteiger partial charge in [-0.05, 0) is 24.1 Å². The van der Waals surface area contributed by atoms with Gasteiger partial charge in [0.25, 0.3) is 0 Å². The number of hydrogen-bond donors (Lipinski definition) is 1. The zero-order valence-electron chi connectivity index (χ0n) is 9.69. The Morgan fingerprint density at radius 2 is 1.69 bits per heavy atom. The molecule has 0 spiro atoms. The molecule has 0 saturated carbocycles. The van der Waals surface area contributed by atoms with Crippen LogP contribution in [0.3, 0.4) is 0 Å². The molecule has 1 heterocycles. The molecule has 2 aromatic rings. The summed E-state index contributed by atoms with van der Waals surface area (Å²) in [7, 11) is 0. The minimum atomic E-state index is 0.604. The Kier molecular flexibility index (Phi) is 3.42. The van der Waals surface area contributed by atoms with Crippen LogP contribution in [0.2, 0.25) is 0 Å². The van der Waals surface area contributed by atoms with Gasteiger partial charge < -0.3 is 10.3 Å². The fraction of sp³-hybridized carbons (Fsp3) is 0.286. The lowest BCUT2D eigenvalue weighted by Gasteiger charge is -2.11. The van der Waals surface area contributed by atoms with Gasteiger partial charge in [-0.15, -0.1) is 0 Å². The number of nitrogens with two attached hydrogens (primary N) is 1. The van der Waals surface area contributed by atoms with E-state index in [9.17, 15) is 0 Å². The first-order valence-electron chi connectivity index (χ1n) is 5.76. The molecule has 2 heteroatoms. The van der Waals surface area contributed by atoms with Crippen LogP contribution < -0.4 is 5.73 Å². The largest absolute Gasteiger partial charge is 0.343 e. The Morgan fingerprint density at radius 3 is 2.31 bits per heavy atom. The van der Waals surface area contributed by atoms with Crippen molar-refractivity contribution in [2.24, 2.45) is 5.73 Å². The molecule has 0 radical (unpaired) electrons. The van der Waals surface area contributed by atoms with Crippen LogP contribution in [0.4, 0.5) is 0 Å². The number of hydrogen-bond acceptors (Lipinski definition) is 1. The zero-order valence-corrected chi connectivity index (χ0v) is 9.69. The van der Waals surface area contributed by atoms with Crippen LogP contribution in [-0.2, 0) is 19.5 Å². The van der Waals surface area contributed by atoms with Crippen LogP contribution in [0.15, 0.2) is 42.5 Å². The van der Waals surface area contributed by atoms with Gasteiger partial charge in [-0.2, -0.15) is 0 Å². The lowest BCUT2D eigenvalue weighted by Crippen LogP contribution is -2.10. The van der Waals surface area contributed by atoms with Crippen LogP contribution in [0.1, 0.15) is 23.9 Å². The summed E-state index contributed by atoms with van der Waals surface area (Å²) in [5.74, 6) is 0. The number of benzene rings is 1. The minimum Gasteiger partial charge on any atom is -0.343 e. The summed E-state index contributed by atoms with van der Waals surface area (Å²) in [6.45, 7) is 3.70. The molecule has 2 rings (SSSR count). The highest BCUT2D eigenvalue weighted by Crippen LogP contribution is 2.13. The van der Waals surface area contributed by atoms with E-state index in [0.29, 0.717) is 6.54 Å². The van der Waals surface area contributed by atoms with Crippen molar-refractivity contribution in [2.75, 3.05) is 0 Å². The van der Waals surface area contributed by atoms with Gasteiger partial charge in [0.2, 0.25) is 0 Å². The van der Waals surface area contributed by atoms with Gasteiger partial charge >= 0.3 is 0 Å². The summed E-state index contributed by atoms with van der Waals surface area (Å²) in [5, 5.41) is 0. The number of aryl methyl sites for hydroxylation is 1. The van der Waals surface area contributed by atoms with Gasteiger partial charge in [-0.25, -0.2) is 0 Å². The SMILES string of the molecule is CCc1ccc(CN)n1Cc1ccccc1. The van der Waals surface area contributed by atoms with Gasteiger partial charge in [0.1, 0.15) is 0 Å². The first-order chi connectivity index (χ1) is 7.85. The molecule has 0 amide bonds. The molecule has 0 aliphatic rings. The molecule has 0 bridgehead atoms.